The van der Waals surface area contributed by atoms with Crippen molar-refractivity contribution in [2.45, 2.75) is 44.3 Å². The molecule has 0 bridgehead atoms. The van der Waals surface area contributed by atoms with Gasteiger partial charge in [-0.1, -0.05) is 0 Å². The molecule has 0 aliphatic heterocycles. The van der Waals surface area contributed by atoms with E-state index in [9.17, 15) is 21.6 Å². The number of rotatable bonds is 5. The minimum Gasteiger partial charge on any atom is -0.330 e. The lowest BCUT2D eigenvalue weighted by Crippen LogP contribution is -2.41. The molecular formula is C10H19F3N2O2S. The van der Waals surface area contributed by atoms with Crippen LogP contribution in [0.15, 0.2) is 0 Å². The number of sulfonamides is 1. The van der Waals surface area contributed by atoms with Crippen molar-refractivity contribution in [2.24, 2.45) is 11.7 Å². The van der Waals surface area contributed by atoms with Gasteiger partial charge in [0.2, 0.25) is 10.0 Å². The van der Waals surface area contributed by atoms with Gasteiger partial charge in [0, 0.05) is 6.04 Å². The van der Waals surface area contributed by atoms with Gasteiger partial charge in [-0.2, -0.15) is 13.2 Å². The molecule has 1 saturated carbocycles. The molecule has 0 atom stereocenters. The molecule has 1 rings (SSSR count). The summed E-state index contributed by atoms with van der Waals surface area (Å²) >= 11 is 0. The van der Waals surface area contributed by atoms with Crippen LogP contribution in [0.5, 0.6) is 0 Å². The minimum absolute atomic E-state index is 0.369. The third-order valence-corrected chi connectivity index (χ3v) is 4.52. The van der Waals surface area contributed by atoms with Crippen LogP contribution < -0.4 is 10.5 Å². The second-order valence-corrected chi connectivity index (χ2v) is 6.54. The lowest BCUT2D eigenvalue weighted by Gasteiger charge is -2.28. The van der Waals surface area contributed by atoms with Crippen LogP contribution in [0.4, 0.5) is 13.2 Å². The van der Waals surface area contributed by atoms with Crippen LogP contribution in [0, 0.1) is 5.92 Å². The van der Waals surface area contributed by atoms with Crippen LogP contribution in [0.25, 0.3) is 0 Å². The van der Waals surface area contributed by atoms with Crippen LogP contribution in [-0.2, 0) is 10.0 Å². The number of hydrogen-bond acceptors (Lipinski definition) is 3. The first-order valence-electron chi connectivity index (χ1n) is 5.98. The SMILES string of the molecule is NCCC1CCC(NS(=O)(=O)CC(F)(F)F)CC1. The maximum absolute atomic E-state index is 12.0. The zero-order chi connectivity index (χ0) is 13.8. The molecule has 4 nitrogen and oxygen atoms in total. The summed E-state index contributed by atoms with van der Waals surface area (Å²) < 4.78 is 60.8. The first kappa shape index (κ1) is 15.7. The Morgan fingerprint density at radius 3 is 2.17 bits per heavy atom. The number of nitrogens with one attached hydrogen (secondary N) is 1. The van der Waals surface area contributed by atoms with Crippen LogP contribution >= 0.6 is 0 Å². The minimum atomic E-state index is -4.69. The van der Waals surface area contributed by atoms with Crippen molar-refractivity contribution in [2.75, 3.05) is 12.3 Å². The Morgan fingerprint density at radius 1 is 1.17 bits per heavy atom. The fourth-order valence-corrected chi connectivity index (χ4v) is 3.57. The Morgan fingerprint density at radius 2 is 1.72 bits per heavy atom. The van der Waals surface area contributed by atoms with Gasteiger partial charge < -0.3 is 5.73 Å². The van der Waals surface area contributed by atoms with Crippen LogP contribution in [-0.4, -0.2) is 32.9 Å². The van der Waals surface area contributed by atoms with E-state index in [0.717, 1.165) is 19.3 Å². The van der Waals surface area contributed by atoms with Gasteiger partial charge in [-0.05, 0) is 44.6 Å². The largest absolute Gasteiger partial charge is 0.404 e. The van der Waals surface area contributed by atoms with Gasteiger partial charge in [0.15, 0.2) is 5.75 Å². The zero-order valence-electron chi connectivity index (χ0n) is 10.0. The lowest BCUT2D eigenvalue weighted by molar-refractivity contribution is -0.106. The third-order valence-electron chi connectivity index (χ3n) is 3.12. The predicted molar refractivity (Wildman–Crippen MR) is 62.4 cm³/mol. The molecule has 0 aromatic carbocycles. The van der Waals surface area contributed by atoms with Crippen molar-refractivity contribution in [3.05, 3.63) is 0 Å². The monoisotopic (exact) mass is 288 g/mol. The van der Waals surface area contributed by atoms with Crippen LogP contribution in [0.3, 0.4) is 0 Å². The van der Waals surface area contributed by atoms with E-state index in [1.165, 1.54) is 0 Å². The normalized spacial score (nSPS) is 26.2. The van der Waals surface area contributed by atoms with Gasteiger partial charge in [-0.15, -0.1) is 0 Å². The van der Waals surface area contributed by atoms with Crippen molar-refractivity contribution in [3.63, 3.8) is 0 Å². The van der Waals surface area contributed by atoms with E-state index in [2.05, 4.69) is 4.72 Å². The van der Waals surface area contributed by atoms with Gasteiger partial charge in [0.05, 0.1) is 0 Å². The lowest BCUT2D eigenvalue weighted by atomic mass is 9.84. The second-order valence-electron chi connectivity index (χ2n) is 4.79. The highest BCUT2D eigenvalue weighted by atomic mass is 32.2. The van der Waals surface area contributed by atoms with Gasteiger partial charge in [-0.3, -0.25) is 0 Å². The molecule has 0 aromatic rings. The van der Waals surface area contributed by atoms with Crippen molar-refractivity contribution >= 4 is 10.0 Å². The molecule has 0 heterocycles. The van der Waals surface area contributed by atoms with E-state index in [4.69, 9.17) is 5.73 Å². The number of hydrogen-bond donors (Lipinski definition) is 2. The molecule has 0 radical (unpaired) electrons. The molecule has 8 heteroatoms. The van der Waals surface area contributed by atoms with E-state index in [1.807, 2.05) is 0 Å². The summed E-state index contributed by atoms with van der Waals surface area (Å²) in [6, 6.07) is -0.369. The fraction of sp³-hybridized carbons (Fsp3) is 1.00. The molecule has 1 fully saturated rings. The summed E-state index contributed by atoms with van der Waals surface area (Å²) in [6.07, 6.45) is -0.999. The zero-order valence-corrected chi connectivity index (χ0v) is 10.9. The van der Waals surface area contributed by atoms with Crippen molar-refractivity contribution in [1.29, 1.82) is 0 Å². The first-order chi connectivity index (χ1) is 8.22. The average Bonchev–Trinajstić information content (AvgIpc) is 2.17. The summed E-state index contributed by atoms with van der Waals surface area (Å²) in [7, 11) is -4.27. The topological polar surface area (TPSA) is 72.2 Å². The Bertz CT molecular complexity index is 349. The van der Waals surface area contributed by atoms with Crippen molar-refractivity contribution in [3.8, 4) is 0 Å². The third kappa shape index (κ3) is 6.01. The first-order valence-corrected chi connectivity index (χ1v) is 7.64. The molecule has 0 saturated heterocycles. The Kier molecular flexibility index (Phi) is 5.42. The van der Waals surface area contributed by atoms with Crippen molar-refractivity contribution < 1.29 is 21.6 Å². The van der Waals surface area contributed by atoms with Gasteiger partial charge in [0.1, 0.15) is 0 Å². The Hall–Kier alpha value is -0.340. The highest BCUT2D eigenvalue weighted by Gasteiger charge is 2.36. The summed E-state index contributed by atoms with van der Waals surface area (Å²) in [6.45, 7) is 0.592. The van der Waals surface area contributed by atoms with E-state index >= 15 is 0 Å². The summed E-state index contributed by atoms with van der Waals surface area (Å²) in [5.74, 6) is -1.33. The van der Waals surface area contributed by atoms with E-state index in [-0.39, 0.29) is 6.04 Å². The van der Waals surface area contributed by atoms with Gasteiger partial charge in [0.25, 0.3) is 0 Å². The molecule has 18 heavy (non-hydrogen) atoms. The molecule has 108 valence electrons. The van der Waals surface area contributed by atoms with E-state index < -0.39 is 22.0 Å². The van der Waals surface area contributed by atoms with Gasteiger partial charge >= 0.3 is 6.18 Å². The molecule has 1 aliphatic rings. The highest BCUT2D eigenvalue weighted by molar-refractivity contribution is 7.89. The van der Waals surface area contributed by atoms with Crippen molar-refractivity contribution in [1.82, 2.24) is 4.72 Å². The number of alkyl halides is 3. The van der Waals surface area contributed by atoms with Crippen LogP contribution in [0.2, 0.25) is 0 Å². The fourth-order valence-electron chi connectivity index (χ4n) is 2.32. The quantitative estimate of drug-likeness (QED) is 0.802. The molecular weight excluding hydrogens is 269 g/mol. The molecule has 0 spiro atoms. The predicted octanol–water partition coefficient (Wildman–Crippen LogP) is 1.38. The van der Waals surface area contributed by atoms with Gasteiger partial charge in [-0.25, -0.2) is 13.1 Å². The molecule has 3 N–H and O–H groups in total. The molecule has 1 aliphatic carbocycles. The standard InChI is InChI=1S/C10H19F3N2O2S/c11-10(12,13)7-18(16,17)15-9-3-1-8(2-4-9)5-6-14/h8-9,15H,1-7,14H2. The molecule has 0 unspecified atom stereocenters. The highest BCUT2D eigenvalue weighted by Crippen LogP contribution is 2.27. The summed E-state index contributed by atoms with van der Waals surface area (Å²) in [5.41, 5.74) is 5.43. The summed E-state index contributed by atoms with van der Waals surface area (Å²) in [5, 5.41) is 0. The summed E-state index contributed by atoms with van der Waals surface area (Å²) in [4.78, 5) is 0. The second kappa shape index (κ2) is 6.21. The maximum atomic E-state index is 12.0. The Balaban J connectivity index is 2.41. The smallest absolute Gasteiger partial charge is 0.330 e. The maximum Gasteiger partial charge on any atom is 0.404 e. The van der Waals surface area contributed by atoms with E-state index in [0.29, 0.717) is 25.3 Å². The average molecular weight is 288 g/mol. The van der Waals surface area contributed by atoms with E-state index in [1.54, 1.807) is 0 Å². The number of nitrogens with two attached hydrogens (primary N) is 1. The number of halogens is 3. The molecule has 0 aromatic heterocycles. The molecule has 0 amide bonds. The Labute approximate surface area is 105 Å². The van der Waals surface area contributed by atoms with Crippen LogP contribution in [0.1, 0.15) is 32.1 Å².